The molecule has 4 nitrogen and oxygen atoms in total. The largest absolute Gasteiger partial charge is 0.497 e. The van der Waals surface area contributed by atoms with Crippen molar-refractivity contribution in [2.24, 2.45) is 7.05 Å². The first-order valence-corrected chi connectivity index (χ1v) is 6.12. The van der Waals surface area contributed by atoms with Gasteiger partial charge in [0.2, 0.25) is 0 Å². The van der Waals surface area contributed by atoms with Gasteiger partial charge in [0.25, 0.3) is 0 Å². The van der Waals surface area contributed by atoms with Crippen LogP contribution >= 0.6 is 0 Å². The van der Waals surface area contributed by atoms with Crippen molar-refractivity contribution in [3.8, 4) is 17.3 Å². The monoisotopic (exact) mass is 253 g/mol. The minimum Gasteiger partial charge on any atom is -0.497 e. The minimum atomic E-state index is 0.851. The molecule has 0 aliphatic rings. The number of benzene rings is 1. The molecule has 96 valence electrons. The summed E-state index contributed by atoms with van der Waals surface area (Å²) in [6.45, 7) is 2.02. The van der Waals surface area contributed by atoms with Crippen molar-refractivity contribution in [1.82, 2.24) is 14.5 Å². The Morgan fingerprint density at radius 2 is 2.05 bits per heavy atom. The van der Waals surface area contributed by atoms with Crippen LogP contribution in [0.1, 0.15) is 5.69 Å². The predicted octanol–water partition coefficient (Wildman–Crippen LogP) is 2.95. The molecule has 2 heterocycles. The van der Waals surface area contributed by atoms with E-state index in [1.807, 2.05) is 49.0 Å². The Morgan fingerprint density at radius 3 is 2.74 bits per heavy atom. The number of rotatable bonds is 2. The number of hydrogen-bond acceptors (Lipinski definition) is 3. The van der Waals surface area contributed by atoms with Crippen molar-refractivity contribution in [2.45, 2.75) is 6.92 Å². The molecule has 3 aromatic rings. The molecule has 3 rings (SSSR count). The lowest BCUT2D eigenvalue weighted by Gasteiger charge is -2.08. The standard InChI is InChI=1S/C15H15N3O/c1-10-13-5-4-12(19-3)8-11(13)9-14(17-10)15-16-6-7-18(15)2/h4-9H,1-3H3. The molecule has 0 spiro atoms. The Labute approximate surface area is 111 Å². The number of pyridine rings is 1. The lowest BCUT2D eigenvalue weighted by atomic mass is 10.1. The van der Waals surface area contributed by atoms with Crippen molar-refractivity contribution in [3.63, 3.8) is 0 Å². The quantitative estimate of drug-likeness (QED) is 0.705. The zero-order valence-corrected chi connectivity index (χ0v) is 11.2. The molecule has 19 heavy (non-hydrogen) atoms. The summed E-state index contributed by atoms with van der Waals surface area (Å²) in [7, 11) is 3.64. The zero-order valence-electron chi connectivity index (χ0n) is 11.2. The fourth-order valence-electron chi connectivity index (χ4n) is 2.26. The van der Waals surface area contributed by atoms with Gasteiger partial charge in [-0.1, -0.05) is 0 Å². The second-order valence-electron chi connectivity index (χ2n) is 4.54. The van der Waals surface area contributed by atoms with Crippen LogP contribution < -0.4 is 4.74 Å². The normalized spacial score (nSPS) is 10.9. The fraction of sp³-hybridized carbons (Fsp3) is 0.200. The van der Waals surface area contributed by atoms with Crippen LogP contribution in [0.3, 0.4) is 0 Å². The van der Waals surface area contributed by atoms with Gasteiger partial charge in [0.1, 0.15) is 11.4 Å². The molecule has 0 fully saturated rings. The molecule has 0 aliphatic heterocycles. The average molecular weight is 253 g/mol. The van der Waals surface area contributed by atoms with E-state index in [0.29, 0.717) is 0 Å². The number of fused-ring (bicyclic) bond motifs is 1. The summed E-state index contributed by atoms with van der Waals surface area (Å²) in [6, 6.07) is 8.07. The third kappa shape index (κ3) is 1.95. The molecule has 2 aromatic heterocycles. The number of methoxy groups -OCH3 is 1. The lowest BCUT2D eigenvalue weighted by Crippen LogP contribution is -1.96. The molecule has 0 atom stereocenters. The van der Waals surface area contributed by atoms with E-state index in [4.69, 9.17) is 4.74 Å². The number of aromatic nitrogens is 3. The van der Waals surface area contributed by atoms with E-state index in [1.54, 1.807) is 13.3 Å². The van der Waals surface area contributed by atoms with Crippen LogP contribution in [0.5, 0.6) is 5.75 Å². The van der Waals surface area contributed by atoms with E-state index >= 15 is 0 Å². The number of imidazole rings is 1. The molecule has 0 radical (unpaired) electrons. The van der Waals surface area contributed by atoms with Gasteiger partial charge < -0.3 is 9.30 Å². The van der Waals surface area contributed by atoms with E-state index in [0.717, 1.165) is 33.7 Å². The Bertz CT molecular complexity index is 746. The Balaban J connectivity index is 2.25. The minimum absolute atomic E-state index is 0.851. The van der Waals surface area contributed by atoms with Crippen LogP contribution in [0.2, 0.25) is 0 Å². The zero-order chi connectivity index (χ0) is 13.4. The maximum Gasteiger partial charge on any atom is 0.158 e. The fourth-order valence-corrected chi connectivity index (χ4v) is 2.26. The van der Waals surface area contributed by atoms with Gasteiger partial charge in [0.05, 0.1) is 7.11 Å². The summed E-state index contributed by atoms with van der Waals surface area (Å²) in [5, 5.41) is 2.25. The number of hydrogen-bond donors (Lipinski definition) is 0. The lowest BCUT2D eigenvalue weighted by molar-refractivity contribution is 0.415. The van der Waals surface area contributed by atoms with Gasteiger partial charge in [-0.25, -0.2) is 9.97 Å². The van der Waals surface area contributed by atoms with Crippen LogP contribution in [-0.4, -0.2) is 21.6 Å². The van der Waals surface area contributed by atoms with Crippen LogP contribution in [-0.2, 0) is 7.05 Å². The van der Waals surface area contributed by atoms with E-state index in [-0.39, 0.29) is 0 Å². The number of aryl methyl sites for hydroxylation is 2. The smallest absolute Gasteiger partial charge is 0.158 e. The second-order valence-corrected chi connectivity index (χ2v) is 4.54. The van der Waals surface area contributed by atoms with Crippen LogP contribution in [0.25, 0.3) is 22.3 Å². The summed E-state index contributed by atoms with van der Waals surface area (Å²) < 4.78 is 7.24. The first-order chi connectivity index (χ1) is 9.19. The van der Waals surface area contributed by atoms with Crippen LogP contribution in [0.15, 0.2) is 36.7 Å². The van der Waals surface area contributed by atoms with Gasteiger partial charge in [-0.3, -0.25) is 0 Å². The summed E-state index contributed by atoms with van der Waals surface area (Å²) in [5.41, 5.74) is 1.88. The van der Waals surface area contributed by atoms with E-state index in [9.17, 15) is 0 Å². The highest BCUT2D eigenvalue weighted by molar-refractivity contribution is 5.88. The molecule has 0 N–H and O–H groups in total. The molecule has 0 bridgehead atoms. The second kappa shape index (κ2) is 4.39. The average Bonchev–Trinajstić information content (AvgIpc) is 2.84. The first-order valence-electron chi connectivity index (χ1n) is 6.12. The van der Waals surface area contributed by atoms with Crippen LogP contribution in [0, 0.1) is 6.92 Å². The molecule has 0 saturated carbocycles. The predicted molar refractivity (Wildman–Crippen MR) is 75.2 cm³/mol. The van der Waals surface area contributed by atoms with Gasteiger partial charge in [-0.05, 0) is 36.6 Å². The van der Waals surface area contributed by atoms with Gasteiger partial charge in [-0.2, -0.15) is 0 Å². The first kappa shape index (κ1) is 11.7. The van der Waals surface area contributed by atoms with E-state index in [2.05, 4.69) is 9.97 Å². The maximum atomic E-state index is 5.28. The third-order valence-corrected chi connectivity index (χ3v) is 3.28. The molecular formula is C15H15N3O. The molecule has 0 unspecified atom stereocenters. The van der Waals surface area contributed by atoms with Crippen LogP contribution in [0.4, 0.5) is 0 Å². The SMILES string of the molecule is COc1ccc2c(C)nc(-c3nccn3C)cc2c1. The highest BCUT2D eigenvalue weighted by Gasteiger charge is 2.09. The summed E-state index contributed by atoms with van der Waals surface area (Å²) >= 11 is 0. The molecule has 4 heteroatoms. The van der Waals surface area contributed by atoms with E-state index < -0.39 is 0 Å². The Hall–Kier alpha value is -2.36. The summed E-state index contributed by atoms with van der Waals surface area (Å²) in [4.78, 5) is 8.98. The summed E-state index contributed by atoms with van der Waals surface area (Å²) in [6.07, 6.45) is 3.70. The number of nitrogens with zero attached hydrogens (tertiary/aromatic N) is 3. The van der Waals surface area contributed by atoms with Crippen molar-refractivity contribution in [2.75, 3.05) is 7.11 Å². The van der Waals surface area contributed by atoms with Gasteiger partial charge in [0.15, 0.2) is 5.82 Å². The number of ether oxygens (including phenoxy) is 1. The molecule has 0 saturated heterocycles. The third-order valence-electron chi connectivity index (χ3n) is 3.28. The molecule has 0 aliphatic carbocycles. The molecular weight excluding hydrogens is 238 g/mol. The van der Waals surface area contributed by atoms with Crippen molar-refractivity contribution >= 4 is 10.8 Å². The van der Waals surface area contributed by atoms with Gasteiger partial charge >= 0.3 is 0 Å². The van der Waals surface area contributed by atoms with Crippen molar-refractivity contribution in [3.05, 3.63) is 42.4 Å². The van der Waals surface area contributed by atoms with Crippen molar-refractivity contribution < 1.29 is 4.74 Å². The maximum absolute atomic E-state index is 5.28. The highest BCUT2D eigenvalue weighted by atomic mass is 16.5. The molecule has 0 amide bonds. The van der Waals surface area contributed by atoms with E-state index in [1.165, 1.54) is 0 Å². The van der Waals surface area contributed by atoms with Gasteiger partial charge in [0, 0.05) is 30.5 Å². The highest BCUT2D eigenvalue weighted by Crippen LogP contribution is 2.26. The van der Waals surface area contributed by atoms with Gasteiger partial charge in [-0.15, -0.1) is 0 Å². The van der Waals surface area contributed by atoms with Crippen molar-refractivity contribution in [1.29, 1.82) is 0 Å². The Kier molecular flexibility index (Phi) is 2.71. The Morgan fingerprint density at radius 1 is 1.21 bits per heavy atom. The topological polar surface area (TPSA) is 39.9 Å². The molecule has 1 aromatic carbocycles. The summed E-state index contributed by atoms with van der Waals surface area (Å²) in [5.74, 6) is 1.72.